The van der Waals surface area contributed by atoms with E-state index in [1.807, 2.05) is 0 Å². The van der Waals surface area contributed by atoms with Gasteiger partial charge in [-0.2, -0.15) is 5.10 Å². The monoisotopic (exact) mass is 144 g/mol. The van der Waals surface area contributed by atoms with Crippen LogP contribution in [0.5, 0.6) is 0 Å². The van der Waals surface area contributed by atoms with Crippen LogP contribution in [0.25, 0.3) is 0 Å². The lowest BCUT2D eigenvalue weighted by Gasteiger charge is -1.84. The summed E-state index contributed by atoms with van der Waals surface area (Å²) in [4.78, 5) is 10.5. The predicted molar refractivity (Wildman–Crippen MR) is 32.8 cm³/mol. The van der Waals surface area contributed by atoms with Crippen molar-refractivity contribution in [2.24, 2.45) is 0 Å². The molecule has 0 aliphatic heterocycles. The minimum absolute atomic E-state index is 0.0262. The Bertz CT molecular complexity index is 232. The molecule has 0 aliphatic rings. The lowest BCUT2D eigenvalue weighted by molar-refractivity contribution is 0.0687. The van der Waals surface area contributed by atoms with Crippen LogP contribution in [0.1, 0.15) is 10.5 Å². The standard InChI is InChI=1S/C4H4N2O2S/c7-4(8)3-2(9)1-5-6-3/h1,9H,(H,5,6)(H,7,8). The van der Waals surface area contributed by atoms with Gasteiger partial charge in [-0.15, -0.1) is 12.6 Å². The van der Waals surface area contributed by atoms with Crippen LogP contribution < -0.4 is 0 Å². The number of aromatic amines is 1. The zero-order valence-corrected chi connectivity index (χ0v) is 5.22. The Morgan fingerprint density at radius 1 is 1.89 bits per heavy atom. The molecule has 2 N–H and O–H groups in total. The first-order valence-electron chi connectivity index (χ1n) is 2.17. The van der Waals surface area contributed by atoms with Crippen molar-refractivity contribution in [3.05, 3.63) is 11.9 Å². The topological polar surface area (TPSA) is 66.0 Å². The van der Waals surface area contributed by atoms with Gasteiger partial charge in [0.25, 0.3) is 0 Å². The summed E-state index contributed by atoms with van der Waals surface area (Å²) < 4.78 is 0. The van der Waals surface area contributed by atoms with Crippen molar-refractivity contribution < 1.29 is 9.90 Å². The normalized spacial score (nSPS) is 9.44. The van der Waals surface area contributed by atoms with Crippen LogP contribution in [0.15, 0.2) is 11.1 Å². The molecule has 1 heterocycles. The van der Waals surface area contributed by atoms with Crippen LogP contribution in [-0.4, -0.2) is 21.3 Å². The number of hydrogen-bond acceptors (Lipinski definition) is 3. The average Bonchev–Trinajstić information content (AvgIpc) is 2.13. The molecule has 5 heteroatoms. The van der Waals surface area contributed by atoms with E-state index in [4.69, 9.17) is 5.11 Å². The molecule has 0 unspecified atom stereocenters. The Kier molecular flexibility index (Phi) is 1.44. The van der Waals surface area contributed by atoms with Crippen molar-refractivity contribution in [1.29, 1.82) is 0 Å². The molecule has 48 valence electrons. The summed E-state index contributed by atoms with van der Waals surface area (Å²) >= 11 is 3.81. The van der Waals surface area contributed by atoms with Crippen LogP contribution in [0.2, 0.25) is 0 Å². The van der Waals surface area contributed by atoms with Gasteiger partial charge in [0.2, 0.25) is 0 Å². The van der Waals surface area contributed by atoms with Crippen molar-refractivity contribution in [1.82, 2.24) is 10.2 Å². The Morgan fingerprint density at radius 2 is 2.56 bits per heavy atom. The smallest absolute Gasteiger partial charge is 0.355 e. The largest absolute Gasteiger partial charge is 0.476 e. The maximum atomic E-state index is 10.2. The number of carboxylic acid groups (broad SMARTS) is 1. The Morgan fingerprint density at radius 3 is 2.78 bits per heavy atom. The van der Waals surface area contributed by atoms with E-state index in [1.54, 1.807) is 0 Å². The second-order valence-corrected chi connectivity index (χ2v) is 1.92. The molecule has 0 fully saturated rings. The summed E-state index contributed by atoms with van der Waals surface area (Å²) in [6.07, 6.45) is 1.34. The van der Waals surface area contributed by atoms with Gasteiger partial charge in [0.1, 0.15) is 0 Å². The first-order chi connectivity index (χ1) is 4.22. The molecule has 0 aliphatic carbocycles. The number of carbonyl (C=O) groups is 1. The van der Waals surface area contributed by atoms with Gasteiger partial charge in [0.05, 0.1) is 11.1 Å². The molecule has 0 amide bonds. The maximum absolute atomic E-state index is 10.2. The van der Waals surface area contributed by atoms with Gasteiger partial charge in [-0.25, -0.2) is 4.79 Å². The van der Waals surface area contributed by atoms with E-state index in [-0.39, 0.29) is 5.69 Å². The third-order valence-corrected chi connectivity index (χ3v) is 1.17. The molecule has 1 aromatic rings. The number of aromatic carboxylic acids is 1. The Balaban J connectivity index is 3.08. The van der Waals surface area contributed by atoms with E-state index >= 15 is 0 Å². The minimum atomic E-state index is -1.04. The van der Waals surface area contributed by atoms with Crippen molar-refractivity contribution in [2.75, 3.05) is 0 Å². The zero-order chi connectivity index (χ0) is 6.85. The van der Waals surface area contributed by atoms with E-state index in [0.29, 0.717) is 4.90 Å². The van der Waals surface area contributed by atoms with E-state index in [2.05, 4.69) is 22.8 Å². The average molecular weight is 144 g/mol. The van der Waals surface area contributed by atoms with Gasteiger partial charge in [-0.1, -0.05) is 0 Å². The third kappa shape index (κ3) is 1.05. The van der Waals surface area contributed by atoms with Crippen molar-refractivity contribution in [3.63, 3.8) is 0 Å². The highest BCUT2D eigenvalue weighted by Crippen LogP contribution is 2.07. The van der Waals surface area contributed by atoms with Crippen LogP contribution in [-0.2, 0) is 0 Å². The zero-order valence-electron chi connectivity index (χ0n) is 4.33. The number of carboxylic acids is 1. The third-order valence-electron chi connectivity index (χ3n) is 0.833. The minimum Gasteiger partial charge on any atom is -0.476 e. The molecule has 1 aromatic heterocycles. The molecule has 0 saturated heterocycles. The first kappa shape index (κ1) is 6.15. The molecular weight excluding hydrogens is 140 g/mol. The number of rotatable bonds is 1. The van der Waals surface area contributed by atoms with Crippen molar-refractivity contribution in [3.8, 4) is 0 Å². The fourth-order valence-corrected chi connectivity index (χ4v) is 0.641. The summed E-state index contributed by atoms with van der Waals surface area (Å²) in [7, 11) is 0. The Labute approximate surface area is 56.3 Å². The summed E-state index contributed by atoms with van der Waals surface area (Å²) in [5.74, 6) is -1.04. The number of aromatic nitrogens is 2. The van der Waals surface area contributed by atoms with Gasteiger partial charge >= 0.3 is 5.97 Å². The van der Waals surface area contributed by atoms with Gasteiger partial charge in [-0.3, -0.25) is 5.10 Å². The van der Waals surface area contributed by atoms with E-state index in [0.717, 1.165) is 0 Å². The first-order valence-corrected chi connectivity index (χ1v) is 2.62. The van der Waals surface area contributed by atoms with Crippen molar-refractivity contribution >= 4 is 18.6 Å². The fourth-order valence-electron chi connectivity index (χ4n) is 0.437. The quantitative estimate of drug-likeness (QED) is 0.500. The summed E-state index contributed by atoms with van der Waals surface area (Å²) in [6, 6.07) is 0. The van der Waals surface area contributed by atoms with E-state index in [1.165, 1.54) is 6.20 Å². The second kappa shape index (κ2) is 2.10. The van der Waals surface area contributed by atoms with Crippen LogP contribution in [0, 0.1) is 0 Å². The fraction of sp³-hybridized carbons (Fsp3) is 0. The Hall–Kier alpha value is -0.970. The SMILES string of the molecule is O=C(O)c1[nH]ncc1S. The second-order valence-electron chi connectivity index (χ2n) is 1.44. The molecule has 0 aromatic carbocycles. The molecule has 0 saturated carbocycles. The number of nitrogens with one attached hydrogen (secondary N) is 1. The molecule has 0 bridgehead atoms. The van der Waals surface area contributed by atoms with Gasteiger partial charge in [0.15, 0.2) is 5.69 Å². The highest BCUT2D eigenvalue weighted by Gasteiger charge is 2.07. The van der Waals surface area contributed by atoms with Gasteiger partial charge < -0.3 is 5.11 Å². The highest BCUT2D eigenvalue weighted by atomic mass is 32.1. The molecule has 1 rings (SSSR count). The molecule has 4 nitrogen and oxygen atoms in total. The highest BCUT2D eigenvalue weighted by molar-refractivity contribution is 7.80. The summed E-state index contributed by atoms with van der Waals surface area (Å²) in [5, 5.41) is 14.1. The van der Waals surface area contributed by atoms with E-state index in [9.17, 15) is 4.79 Å². The molecule has 0 atom stereocenters. The molecule has 9 heavy (non-hydrogen) atoms. The number of H-pyrrole nitrogens is 1. The molecular formula is C4H4N2O2S. The predicted octanol–water partition coefficient (Wildman–Crippen LogP) is 0.397. The van der Waals surface area contributed by atoms with Crippen LogP contribution in [0.4, 0.5) is 0 Å². The number of thiol groups is 1. The van der Waals surface area contributed by atoms with Crippen molar-refractivity contribution in [2.45, 2.75) is 4.90 Å². The van der Waals surface area contributed by atoms with E-state index < -0.39 is 5.97 Å². The van der Waals surface area contributed by atoms with Gasteiger partial charge in [0, 0.05) is 0 Å². The number of nitrogens with zero attached hydrogens (tertiary/aromatic N) is 1. The van der Waals surface area contributed by atoms with Crippen LogP contribution in [0.3, 0.4) is 0 Å². The summed E-state index contributed by atoms with van der Waals surface area (Å²) in [6.45, 7) is 0. The lowest BCUT2D eigenvalue weighted by Crippen LogP contribution is -1.96. The number of hydrogen-bond donors (Lipinski definition) is 3. The molecule has 0 radical (unpaired) electrons. The van der Waals surface area contributed by atoms with Crippen LogP contribution >= 0.6 is 12.6 Å². The summed E-state index contributed by atoms with van der Waals surface area (Å²) in [5.41, 5.74) is 0.0262. The molecule has 0 spiro atoms. The van der Waals surface area contributed by atoms with Gasteiger partial charge in [-0.05, 0) is 0 Å². The lowest BCUT2D eigenvalue weighted by atomic mass is 10.4. The maximum Gasteiger partial charge on any atom is 0.355 e.